The molecule has 1 atom stereocenters. The average Bonchev–Trinajstić information content (AvgIpc) is 3.15. The van der Waals surface area contributed by atoms with Gasteiger partial charge in [-0.2, -0.15) is 11.8 Å². The van der Waals surface area contributed by atoms with Crippen LogP contribution < -0.4 is 14.8 Å². The van der Waals surface area contributed by atoms with Gasteiger partial charge in [-0.25, -0.2) is 0 Å². The van der Waals surface area contributed by atoms with Gasteiger partial charge in [-0.3, -0.25) is 9.59 Å². The molecule has 0 bridgehead atoms. The Kier molecular flexibility index (Phi) is 5.52. The second kappa shape index (κ2) is 8.46. The van der Waals surface area contributed by atoms with Crippen LogP contribution in [0.3, 0.4) is 0 Å². The first-order chi connectivity index (χ1) is 15.1. The molecule has 162 valence electrons. The first kappa shape index (κ1) is 20.2. The van der Waals surface area contributed by atoms with Gasteiger partial charge in [0.25, 0.3) is 5.91 Å². The number of hydrogen-bond donors (Lipinski definition) is 1. The van der Waals surface area contributed by atoms with Crippen LogP contribution >= 0.6 is 11.8 Å². The van der Waals surface area contributed by atoms with E-state index in [0.29, 0.717) is 31.9 Å². The molecule has 0 aliphatic carbocycles. The highest BCUT2D eigenvalue weighted by atomic mass is 32.2. The largest absolute Gasteiger partial charge is 0.486 e. The van der Waals surface area contributed by atoms with Gasteiger partial charge in [0.05, 0.1) is 12.1 Å². The number of nitrogens with one attached hydrogen (secondary N) is 1. The van der Waals surface area contributed by atoms with Crippen LogP contribution in [0.15, 0.2) is 48.5 Å². The zero-order chi connectivity index (χ0) is 21.3. The molecular weight excluding hydrogens is 412 g/mol. The molecule has 3 heterocycles. The van der Waals surface area contributed by atoms with Gasteiger partial charge in [-0.15, -0.1) is 0 Å². The SMILES string of the molecule is O=C(CC1(N2Cc3ccccc3C2=O)CCSCC1)NCC1COc2ccccc2O1. The van der Waals surface area contributed by atoms with Gasteiger partial charge in [0.1, 0.15) is 12.7 Å². The fraction of sp³-hybridized carbons (Fsp3) is 0.417. The molecule has 0 saturated carbocycles. The first-order valence-corrected chi connectivity index (χ1v) is 11.9. The van der Waals surface area contributed by atoms with Gasteiger partial charge in [-0.05, 0) is 48.1 Å². The van der Waals surface area contributed by atoms with Gasteiger partial charge in [0.2, 0.25) is 5.91 Å². The fourth-order valence-electron chi connectivity index (χ4n) is 4.68. The number of ether oxygens (including phenoxy) is 2. The molecule has 0 aromatic heterocycles. The Morgan fingerprint density at radius 3 is 2.65 bits per heavy atom. The number of carbonyl (C=O) groups excluding carboxylic acids is 2. The van der Waals surface area contributed by atoms with E-state index in [4.69, 9.17) is 9.47 Å². The van der Waals surface area contributed by atoms with Gasteiger partial charge in [-0.1, -0.05) is 30.3 Å². The normalized spacial score (nSPS) is 21.5. The van der Waals surface area contributed by atoms with E-state index in [2.05, 4.69) is 5.32 Å². The van der Waals surface area contributed by atoms with E-state index in [1.54, 1.807) is 0 Å². The highest BCUT2D eigenvalue weighted by molar-refractivity contribution is 7.99. The Morgan fingerprint density at radius 2 is 1.84 bits per heavy atom. The van der Waals surface area contributed by atoms with Crippen molar-refractivity contribution in [2.75, 3.05) is 24.7 Å². The van der Waals surface area contributed by atoms with E-state index in [0.717, 1.165) is 41.2 Å². The average molecular weight is 439 g/mol. The predicted molar refractivity (Wildman–Crippen MR) is 120 cm³/mol. The number of fused-ring (bicyclic) bond motifs is 2. The molecule has 1 N–H and O–H groups in total. The van der Waals surface area contributed by atoms with E-state index < -0.39 is 5.54 Å². The molecule has 31 heavy (non-hydrogen) atoms. The standard InChI is InChI=1S/C24H26N2O4S/c27-22(25-14-18-16-29-20-7-3-4-8-21(20)30-18)13-24(9-11-31-12-10-24)26-15-17-5-1-2-6-19(17)23(26)28/h1-8,18H,9-16H2,(H,25,27). The van der Waals surface area contributed by atoms with E-state index in [1.165, 1.54) is 0 Å². The Labute approximate surface area is 186 Å². The van der Waals surface area contributed by atoms with Crippen molar-refractivity contribution in [1.29, 1.82) is 0 Å². The summed E-state index contributed by atoms with van der Waals surface area (Å²) in [6.45, 7) is 1.37. The molecule has 2 aromatic rings. The topological polar surface area (TPSA) is 67.9 Å². The molecule has 2 amide bonds. The van der Waals surface area contributed by atoms with Crippen molar-refractivity contribution >= 4 is 23.6 Å². The molecular formula is C24H26N2O4S. The smallest absolute Gasteiger partial charge is 0.254 e. The summed E-state index contributed by atoms with van der Waals surface area (Å²) in [4.78, 5) is 28.1. The second-order valence-electron chi connectivity index (χ2n) is 8.36. The Balaban J connectivity index is 1.24. The summed E-state index contributed by atoms with van der Waals surface area (Å²) in [6, 6.07) is 15.3. The summed E-state index contributed by atoms with van der Waals surface area (Å²) in [5, 5.41) is 3.03. The zero-order valence-corrected chi connectivity index (χ0v) is 18.2. The van der Waals surface area contributed by atoms with Crippen LogP contribution in [0, 0.1) is 0 Å². The number of carbonyl (C=O) groups is 2. The Hall–Kier alpha value is -2.67. The predicted octanol–water partition coefficient (Wildman–Crippen LogP) is 3.25. The third-order valence-corrected chi connectivity index (χ3v) is 7.39. The summed E-state index contributed by atoms with van der Waals surface area (Å²) < 4.78 is 11.7. The molecule has 5 rings (SSSR count). The Morgan fingerprint density at radius 1 is 1.10 bits per heavy atom. The van der Waals surface area contributed by atoms with Crippen LogP contribution in [0.5, 0.6) is 11.5 Å². The van der Waals surface area contributed by atoms with Crippen molar-refractivity contribution in [3.05, 3.63) is 59.7 Å². The summed E-state index contributed by atoms with van der Waals surface area (Å²) in [6.07, 6.45) is 1.76. The maximum absolute atomic E-state index is 13.2. The molecule has 3 aliphatic heterocycles. The highest BCUT2D eigenvalue weighted by Crippen LogP contribution is 2.40. The summed E-state index contributed by atoms with van der Waals surface area (Å²) in [7, 11) is 0. The molecule has 2 aromatic carbocycles. The number of benzene rings is 2. The molecule has 3 aliphatic rings. The summed E-state index contributed by atoms with van der Waals surface area (Å²) in [5.41, 5.74) is 1.39. The lowest BCUT2D eigenvalue weighted by atomic mass is 9.86. The number of rotatable bonds is 5. The molecule has 6 nitrogen and oxygen atoms in total. The van der Waals surface area contributed by atoms with Crippen LogP contribution in [0.1, 0.15) is 35.2 Å². The van der Waals surface area contributed by atoms with Crippen molar-refractivity contribution < 1.29 is 19.1 Å². The van der Waals surface area contributed by atoms with Gasteiger partial charge < -0.3 is 19.7 Å². The summed E-state index contributed by atoms with van der Waals surface area (Å²) >= 11 is 1.89. The fourth-order valence-corrected chi connectivity index (χ4v) is 5.94. The van der Waals surface area contributed by atoms with Gasteiger partial charge in [0, 0.05) is 18.5 Å². The second-order valence-corrected chi connectivity index (χ2v) is 9.59. The monoisotopic (exact) mass is 438 g/mol. The van der Waals surface area contributed by atoms with Crippen molar-refractivity contribution in [2.45, 2.75) is 37.5 Å². The van der Waals surface area contributed by atoms with Crippen molar-refractivity contribution in [2.24, 2.45) is 0 Å². The van der Waals surface area contributed by atoms with Crippen LogP contribution in [0.4, 0.5) is 0 Å². The lowest BCUT2D eigenvalue weighted by molar-refractivity contribution is -0.124. The lowest BCUT2D eigenvalue weighted by Gasteiger charge is -2.44. The van der Waals surface area contributed by atoms with E-state index in [-0.39, 0.29) is 17.9 Å². The quantitative estimate of drug-likeness (QED) is 0.776. The maximum Gasteiger partial charge on any atom is 0.254 e. The van der Waals surface area contributed by atoms with Crippen molar-refractivity contribution in [3.63, 3.8) is 0 Å². The maximum atomic E-state index is 13.2. The highest BCUT2D eigenvalue weighted by Gasteiger charge is 2.45. The number of thioether (sulfide) groups is 1. The molecule has 1 saturated heterocycles. The van der Waals surface area contributed by atoms with Crippen LogP contribution in [0.2, 0.25) is 0 Å². The number of hydrogen-bond acceptors (Lipinski definition) is 5. The lowest BCUT2D eigenvalue weighted by Crippen LogP contribution is -2.54. The van der Waals surface area contributed by atoms with E-state index >= 15 is 0 Å². The number of nitrogens with zero attached hydrogens (tertiary/aromatic N) is 1. The van der Waals surface area contributed by atoms with Crippen LogP contribution in [-0.4, -0.2) is 53.0 Å². The third kappa shape index (κ3) is 3.99. The molecule has 0 radical (unpaired) electrons. The molecule has 0 spiro atoms. The minimum Gasteiger partial charge on any atom is -0.486 e. The molecule has 1 unspecified atom stereocenters. The van der Waals surface area contributed by atoms with Crippen LogP contribution in [0.25, 0.3) is 0 Å². The summed E-state index contributed by atoms with van der Waals surface area (Å²) in [5.74, 6) is 3.37. The molecule has 7 heteroatoms. The van der Waals surface area contributed by atoms with Gasteiger partial charge >= 0.3 is 0 Å². The number of amides is 2. The number of para-hydroxylation sites is 2. The van der Waals surface area contributed by atoms with Crippen molar-refractivity contribution in [1.82, 2.24) is 10.2 Å². The Bertz CT molecular complexity index is 989. The first-order valence-electron chi connectivity index (χ1n) is 10.8. The minimum absolute atomic E-state index is 0.0434. The van der Waals surface area contributed by atoms with Crippen molar-refractivity contribution in [3.8, 4) is 11.5 Å². The molecule has 1 fully saturated rings. The van der Waals surface area contributed by atoms with Crippen LogP contribution in [-0.2, 0) is 11.3 Å². The zero-order valence-electron chi connectivity index (χ0n) is 17.3. The van der Waals surface area contributed by atoms with E-state index in [1.807, 2.05) is 65.2 Å². The van der Waals surface area contributed by atoms with Gasteiger partial charge in [0.15, 0.2) is 11.5 Å². The van der Waals surface area contributed by atoms with E-state index in [9.17, 15) is 9.59 Å². The third-order valence-electron chi connectivity index (χ3n) is 6.40. The minimum atomic E-state index is -0.429.